The smallest absolute Gasteiger partial charge is 0.254 e. The van der Waals surface area contributed by atoms with Gasteiger partial charge in [-0.05, 0) is 50.9 Å². The maximum atomic E-state index is 13.6. The number of amides is 1. The van der Waals surface area contributed by atoms with E-state index in [-0.39, 0.29) is 24.4 Å². The lowest BCUT2D eigenvalue weighted by atomic mass is 9.97. The standard InChI is InChI=1S/C25H29N3O2.ClH/c1-27-18-11-12-19(27)15-17(14-18)26-25(29)23-21-9-4-5-10-22(21)28(2)24(23)16-7-6-8-20(13-16)30-3;/h4-10,13,17-19H,11-12,14-15H2,1-3H3,(H,26,29);1H/t17-,18+,19-;. The van der Waals surface area contributed by atoms with Crippen LogP contribution in [0.25, 0.3) is 22.2 Å². The summed E-state index contributed by atoms with van der Waals surface area (Å²) in [6.45, 7) is 0. The van der Waals surface area contributed by atoms with Crippen molar-refractivity contribution in [3.8, 4) is 17.0 Å². The van der Waals surface area contributed by atoms with E-state index >= 15 is 0 Å². The van der Waals surface area contributed by atoms with E-state index in [0.717, 1.165) is 46.3 Å². The molecule has 3 atom stereocenters. The molecule has 0 radical (unpaired) electrons. The Labute approximate surface area is 189 Å². The molecule has 31 heavy (non-hydrogen) atoms. The molecular weight excluding hydrogens is 410 g/mol. The van der Waals surface area contributed by atoms with E-state index in [0.29, 0.717) is 12.1 Å². The van der Waals surface area contributed by atoms with Crippen LogP contribution in [0.5, 0.6) is 5.75 Å². The van der Waals surface area contributed by atoms with Gasteiger partial charge in [0, 0.05) is 41.6 Å². The molecule has 2 fully saturated rings. The fraction of sp³-hybridized carbons (Fsp3) is 0.400. The van der Waals surface area contributed by atoms with Crippen LogP contribution in [0.4, 0.5) is 0 Å². The summed E-state index contributed by atoms with van der Waals surface area (Å²) in [7, 11) is 5.93. The molecule has 2 aromatic carbocycles. The van der Waals surface area contributed by atoms with Gasteiger partial charge in [0.2, 0.25) is 0 Å². The Morgan fingerprint density at radius 1 is 1.03 bits per heavy atom. The molecule has 2 saturated heterocycles. The van der Waals surface area contributed by atoms with Gasteiger partial charge in [0.05, 0.1) is 18.4 Å². The molecule has 2 bridgehead atoms. The first-order valence-corrected chi connectivity index (χ1v) is 10.8. The maximum absolute atomic E-state index is 13.6. The lowest BCUT2D eigenvalue weighted by Gasteiger charge is -2.36. The van der Waals surface area contributed by atoms with Crippen molar-refractivity contribution in [2.45, 2.75) is 43.8 Å². The average Bonchev–Trinajstić information content (AvgIpc) is 3.15. The van der Waals surface area contributed by atoms with Gasteiger partial charge in [-0.15, -0.1) is 12.4 Å². The predicted octanol–water partition coefficient (Wildman–Crippen LogP) is 4.63. The number of benzene rings is 2. The minimum atomic E-state index is 0. The number of carbonyl (C=O) groups is 1. The third kappa shape index (κ3) is 3.70. The Kier molecular flexibility index (Phi) is 6.00. The molecule has 164 valence electrons. The summed E-state index contributed by atoms with van der Waals surface area (Å²) in [5.74, 6) is 0.814. The Bertz CT molecular complexity index is 1100. The van der Waals surface area contributed by atoms with E-state index in [2.05, 4.69) is 27.9 Å². The zero-order valence-corrected chi connectivity index (χ0v) is 19.1. The molecule has 1 N–H and O–H groups in total. The lowest BCUT2D eigenvalue weighted by molar-refractivity contribution is 0.0884. The van der Waals surface area contributed by atoms with Crippen LogP contribution in [0, 0.1) is 0 Å². The molecule has 5 rings (SSSR count). The number of halogens is 1. The summed E-state index contributed by atoms with van der Waals surface area (Å²) in [6, 6.07) is 17.5. The van der Waals surface area contributed by atoms with Crippen LogP contribution >= 0.6 is 12.4 Å². The largest absolute Gasteiger partial charge is 0.497 e. The van der Waals surface area contributed by atoms with Gasteiger partial charge in [-0.1, -0.05) is 30.3 Å². The molecule has 1 amide bonds. The van der Waals surface area contributed by atoms with E-state index in [1.54, 1.807) is 7.11 Å². The Morgan fingerprint density at radius 3 is 2.45 bits per heavy atom. The summed E-state index contributed by atoms with van der Waals surface area (Å²) in [5.41, 5.74) is 3.74. The second kappa shape index (κ2) is 8.56. The predicted molar refractivity (Wildman–Crippen MR) is 127 cm³/mol. The van der Waals surface area contributed by atoms with Crippen LogP contribution in [0.15, 0.2) is 48.5 Å². The number of aromatic nitrogens is 1. The third-order valence-electron chi connectivity index (χ3n) is 7.11. The summed E-state index contributed by atoms with van der Waals surface area (Å²) >= 11 is 0. The number of nitrogens with one attached hydrogen (secondary N) is 1. The monoisotopic (exact) mass is 439 g/mol. The SMILES string of the molecule is COc1cccc(-c2c(C(=O)N[C@H]3C[C@H]4CC[C@@H](C3)N4C)c3ccccc3n2C)c1.Cl. The van der Waals surface area contributed by atoms with Gasteiger partial charge in [-0.25, -0.2) is 0 Å². The van der Waals surface area contributed by atoms with E-state index in [1.807, 2.05) is 49.5 Å². The molecule has 6 heteroatoms. The summed E-state index contributed by atoms with van der Waals surface area (Å²) in [5, 5.41) is 4.38. The minimum Gasteiger partial charge on any atom is -0.497 e. The number of carbonyl (C=O) groups excluding carboxylic acids is 1. The van der Waals surface area contributed by atoms with Crippen molar-refractivity contribution in [2.75, 3.05) is 14.2 Å². The van der Waals surface area contributed by atoms with Crippen molar-refractivity contribution < 1.29 is 9.53 Å². The third-order valence-corrected chi connectivity index (χ3v) is 7.11. The minimum absolute atomic E-state index is 0. The number of hydrogen-bond acceptors (Lipinski definition) is 3. The van der Waals surface area contributed by atoms with Crippen molar-refractivity contribution in [1.82, 2.24) is 14.8 Å². The van der Waals surface area contributed by atoms with Crippen LogP contribution in [-0.2, 0) is 7.05 Å². The average molecular weight is 440 g/mol. The van der Waals surface area contributed by atoms with Crippen molar-refractivity contribution in [2.24, 2.45) is 7.05 Å². The van der Waals surface area contributed by atoms with Gasteiger partial charge in [-0.2, -0.15) is 0 Å². The summed E-state index contributed by atoms with van der Waals surface area (Å²) in [4.78, 5) is 16.1. The molecule has 0 unspecified atom stereocenters. The lowest BCUT2D eigenvalue weighted by Crippen LogP contribution is -2.48. The Balaban J connectivity index is 0.00000231. The van der Waals surface area contributed by atoms with Crippen molar-refractivity contribution in [3.05, 3.63) is 54.1 Å². The molecule has 5 nitrogen and oxygen atoms in total. The highest BCUT2D eigenvalue weighted by atomic mass is 35.5. The van der Waals surface area contributed by atoms with Gasteiger partial charge in [0.1, 0.15) is 5.75 Å². The highest BCUT2D eigenvalue weighted by Gasteiger charge is 2.39. The molecule has 0 spiro atoms. The highest BCUT2D eigenvalue weighted by molar-refractivity contribution is 6.13. The number of nitrogens with zero attached hydrogens (tertiary/aromatic N) is 2. The van der Waals surface area contributed by atoms with Gasteiger partial charge in [0.25, 0.3) is 5.91 Å². The number of fused-ring (bicyclic) bond motifs is 3. The maximum Gasteiger partial charge on any atom is 0.254 e. The van der Waals surface area contributed by atoms with Crippen LogP contribution in [-0.4, -0.2) is 47.7 Å². The van der Waals surface area contributed by atoms with Gasteiger partial charge >= 0.3 is 0 Å². The van der Waals surface area contributed by atoms with Gasteiger partial charge < -0.3 is 19.5 Å². The normalized spacial score (nSPS) is 22.9. The second-order valence-electron chi connectivity index (χ2n) is 8.72. The topological polar surface area (TPSA) is 46.5 Å². The van der Waals surface area contributed by atoms with Crippen LogP contribution in [0.2, 0.25) is 0 Å². The number of hydrogen-bond donors (Lipinski definition) is 1. The first-order valence-electron chi connectivity index (χ1n) is 10.8. The molecular formula is C25H30ClN3O2. The molecule has 3 aromatic rings. The molecule has 0 aliphatic carbocycles. The zero-order valence-electron chi connectivity index (χ0n) is 18.3. The number of aryl methyl sites for hydroxylation is 1. The number of ether oxygens (including phenoxy) is 1. The quantitative estimate of drug-likeness (QED) is 0.644. The van der Waals surface area contributed by atoms with Crippen LogP contribution in [0.1, 0.15) is 36.0 Å². The molecule has 1 aromatic heterocycles. The molecule has 0 saturated carbocycles. The molecule has 2 aliphatic heterocycles. The number of piperidine rings is 1. The van der Waals surface area contributed by atoms with E-state index < -0.39 is 0 Å². The van der Waals surface area contributed by atoms with Crippen LogP contribution < -0.4 is 10.1 Å². The zero-order chi connectivity index (χ0) is 20.8. The second-order valence-corrected chi connectivity index (χ2v) is 8.72. The number of methoxy groups -OCH3 is 1. The Morgan fingerprint density at radius 2 is 1.74 bits per heavy atom. The van der Waals surface area contributed by atoms with E-state index in [9.17, 15) is 4.79 Å². The fourth-order valence-corrected chi connectivity index (χ4v) is 5.52. The number of rotatable bonds is 4. The van der Waals surface area contributed by atoms with E-state index in [1.165, 1.54) is 12.8 Å². The summed E-state index contributed by atoms with van der Waals surface area (Å²) in [6.07, 6.45) is 4.57. The van der Waals surface area contributed by atoms with Gasteiger partial charge in [-0.3, -0.25) is 4.79 Å². The summed E-state index contributed by atoms with van der Waals surface area (Å²) < 4.78 is 7.56. The Hall–Kier alpha value is -2.50. The van der Waals surface area contributed by atoms with Crippen molar-refractivity contribution in [1.29, 1.82) is 0 Å². The van der Waals surface area contributed by atoms with Crippen molar-refractivity contribution >= 4 is 29.2 Å². The first-order chi connectivity index (χ1) is 14.6. The fourth-order valence-electron chi connectivity index (χ4n) is 5.52. The first kappa shape index (κ1) is 21.7. The van der Waals surface area contributed by atoms with E-state index in [4.69, 9.17) is 4.74 Å². The molecule has 3 heterocycles. The number of para-hydroxylation sites is 1. The molecule has 2 aliphatic rings. The van der Waals surface area contributed by atoms with Gasteiger partial charge in [0.15, 0.2) is 0 Å². The van der Waals surface area contributed by atoms with Crippen LogP contribution in [0.3, 0.4) is 0 Å². The van der Waals surface area contributed by atoms with Crippen molar-refractivity contribution in [3.63, 3.8) is 0 Å². The highest BCUT2D eigenvalue weighted by Crippen LogP contribution is 2.37.